The molecule has 0 saturated carbocycles. The minimum atomic E-state index is 0. The third-order valence-corrected chi connectivity index (χ3v) is 0.552. The average molecular weight is 461 g/mol. The second-order valence-electron chi connectivity index (χ2n) is 1.00. The maximum Gasteiger partial charge on any atom is 0 e. The van der Waals surface area contributed by atoms with E-state index in [9.17, 15) is 0 Å². The standard InChI is InChI=1S/C6H4.2HI.2Zn/c1-2-4-6-5-3-1;;;;/h1-2,5-6H;2*1H;;/p-2. The van der Waals surface area contributed by atoms with Crippen LogP contribution >= 0.6 is 0 Å². The van der Waals surface area contributed by atoms with Crippen LogP contribution in [0.15, 0.2) is 35.8 Å². The molecule has 1 aliphatic rings. The van der Waals surface area contributed by atoms with Gasteiger partial charge in [0, 0.05) is 39.0 Å². The smallest absolute Gasteiger partial charge is 0 e. The van der Waals surface area contributed by atoms with Gasteiger partial charge < -0.3 is 48.0 Å². The third-order valence-electron chi connectivity index (χ3n) is 0.552. The molecule has 0 heterocycles. The van der Waals surface area contributed by atoms with E-state index < -0.39 is 0 Å². The van der Waals surface area contributed by atoms with Crippen molar-refractivity contribution in [1.29, 1.82) is 0 Å². The van der Waals surface area contributed by atoms with Gasteiger partial charge in [-0.1, -0.05) is 0 Å². The largest absolute Gasteiger partial charge is 1.00 e. The number of halogens is 2. The molecule has 0 aliphatic heterocycles. The van der Waals surface area contributed by atoms with E-state index in [1.54, 1.807) is 0 Å². The van der Waals surface area contributed by atoms with Crippen LogP contribution in [0.1, 0.15) is 0 Å². The topological polar surface area (TPSA) is 0 Å². The maximum atomic E-state index is 2.86. The first-order valence-electron chi connectivity index (χ1n) is 1.82. The van der Waals surface area contributed by atoms with E-state index in [1.807, 2.05) is 24.3 Å². The van der Waals surface area contributed by atoms with Gasteiger partial charge in [-0.25, -0.2) is 0 Å². The summed E-state index contributed by atoms with van der Waals surface area (Å²) in [4.78, 5) is 0. The Balaban J connectivity index is -0.0000000450. The van der Waals surface area contributed by atoms with E-state index >= 15 is 0 Å². The number of hydrogen-bond donors (Lipinski definition) is 0. The molecule has 0 aromatic heterocycles. The zero-order chi connectivity index (χ0) is 4.24. The molecule has 0 atom stereocenters. The number of rotatable bonds is 0. The molecule has 0 N–H and O–H groups in total. The van der Waals surface area contributed by atoms with Crippen LogP contribution in [-0.2, 0) is 39.0 Å². The SMILES string of the molecule is C1=CC=C=CC=1.[I-].[I-].[Zn].[Zn]. The summed E-state index contributed by atoms with van der Waals surface area (Å²) in [7, 11) is 0. The molecule has 0 aromatic carbocycles. The maximum absolute atomic E-state index is 2.86. The summed E-state index contributed by atoms with van der Waals surface area (Å²) >= 11 is 0. The fourth-order valence-corrected chi connectivity index (χ4v) is 0.304. The minimum absolute atomic E-state index is 0. The molecule has 0 saturated heterocycles. The molecule has 0 spiro atoms. The van der Waals surface area contributed by atoms with Crippen LogP contribution in [0.25, 0.3) is 0 Å². The molecule has 1 aliphatic carbocycles. The van der Waals surface area contributed by atoms with Crippen molar-refractivity contribution in [2.75, 3.05) is 0 Å². The predicted molar refractivity (Wildman–Crippen MR) is 25.3 cm³/mol. The monoisotopic (exact) mass is 458 g/mol. The molecule has 0 amide bonds. The van der Waals surface area contributed by atoms with E-state index in [0.29, 0.717) is 0 Å². The van der Waals surface area contributed by atoms with Crippen molar-refractivity contribution in [1.82, 2.24) is 0 Å². The van der Waals surface area contributed by atoms with Crippen LogP contribution in [0, 0.1) is 0 Å². The van der Waals surface area contributed by atoms with Gasteiger partial charge in [0.05, 0.1) is 0 Å². The Bertz CT molecular complexity index is 131. The fraction of sp³-hybridized carbons (Fsp3) is 0. The second-order valence-corrected chi connectivity index (χ2v) is 1.00. The predicted octanol–water partition coefficient (Wildman–Crippen LogP) is -4.57. The van der Waals surface area contributed by atoms with Crippen LogP contribution in [-0.4, -0.2) is 0 Å². The first-order chi connectivity index (χ1) is 3.00. The van der Waals surface area contributed by atoms with Gasteiger partial charge in [-0.05, 0) is 24.3 Å². The van der Waals surface area contributed by atoms with Crippen molar-refractivity contribution < 1.29 is 86.9 Å². The second kappa shape index (κ2) is 17.0. The Morgan fingerprint density at radius 3 is 0.900 bits per heavy atom. The zero-order valence-corrected chi connectivity index (χ0v) is 15.7. The van der Waals surface area contributed by atoms with Gasteiger partial charge in [0.1, 0.15) is 0 Å². The summed E-state index contributed by atoms with van der Waals surface area (Å²) in [5.74, 6) is 0. The first-order valence-corrected chi connectivity index (χ1v) is 1.82. The van der Waals surface area contributed by atoms with E-state index in [0.717, 1.165) is 0 Å². The van der Waals surface area contributed by atoms with E-state index in [1.165, 1.54) is 0 Å². The molecular formula is C6H4I2Zn2-2. The van der Waals surface area contributed by atoms with E-state index in [-0.39, 0.29) is 86.9 Å². The van der Waals surface area contributed by atoms with Gasteiger partial charge in [0.25, 0.3) is 0 Å². The Labute approximate surface area is 121 Å². The van der Waals surface area contributed by atoms with Crippen molar-refractivity contribution in [2.45, 2.75) is 0 Å². The Morgan fingerprint density at radius 1 is 0.600 bits per heavy atom. The van der Waals surface area contributed by atoms with Crippen LogP contribution < -0.4 is 48.0 Å². The van der Waals surface area contributed by atoms with E-state index in [2.05, 4.69) is 11.5 Å². The summed E-state index contributed by atoms with van der Waals surface area (Å²) in [6.07, 6.45) is 7.28. The molecule has 0 nitrogen and oxygen atoms in total. The molecule has 4 heteroatoms. The normalized spacial score (nSPS) is 8.00. The summed E-state index contributed by atoms with van der Waals surface area (Å²) in [6, 6.07) is 0. The molecule has 0 bridgehead atoms. The molecule has 10 heavy (non-hydrogen) atoms. The molecular weight excluding hydrogens is 457 g/mol. The quantitative estimate of drug-likeness (QED) is 0.194. The molecule has 48 valence electrons. The Hall–Kier alpha value is 1.75. The Morgan fingerprint density at radius 2 is 0.800 bits per heavy atom. The molecule has 0 aromatic rings. The van der Waals surface area contributed by atoms with Crippen LogP contribution in [0.4, 0.5) is 0 Å². The zero-order valence-electron chi connectivity index (χ0n) is 5.48. The van der Waals surface area contributed by atoms with Crippen molar-refractivity contribution >= 4 is 0 Å². The third kappa shape index (κ3) is 12.4. The molecule has 0 radical (unpaired) electrons. The van der Waals surface area contributed by atoms with Gasteiger partial charge >= 0.3 is 0 Å². The summed E-state index contributed by atoms with van der Waals surface area (Å²) < 4.78 is 0. The van der Waals surface area contributed by atoms with Gasteiger partial charge in [-0.2, -0.15) is 0 Å². The molecule has 1 rings (SSSR count). The summed E-state index contributed by atoms with van der Waals surface area (Å²) in [5, 5.41) is 0. The Kier molecular flexibility index (Phi) is 38.5. The molecule has 0 unspecified atom stereocenters. The minimum Gasteiger partial charge on any atom is -1.00 e. The van der Waals surface area contributed by atoms with Crippen LogP contribution in [0.5, 0.6) is 0 Å². The van der Waals surface area contributed by atoms with Gasteiger partial charge in [0.2, 0.25) is 0 Å². The van der Waals surface area contributed by atoms with E-state index in [4.69, 9.17) is 0 Å². The van der Waals surface area contributed by atoms with Crippen LogP contribution in [0.2, 0.25) is 0 Å². The van der Waals surface area contributed by atoms with Crippen molar-refractivity contribution in [2.24, 2.45) is 0 Å². The van der Waals surface area contributed by atoms with Crippen LogP contribution in [0.3, 0.4) is 0 Å². The van der Waals surface area contributed by atoms with Crippen molar-refractivity contribution in [3.8, 4) is 0 Å². The summed E-state index contributed by atoms with van der Waals surface area (Å²) in [6.45, 7) is 0. The van der Waals surface area contributed by atoms with Gasteiger partial charge in [-0.3, -0.25) is 0 Å². The fourth-order valence-electron chi connectivity index (χ4n) is 0.304. The first kappa shape index (κ1) is 22.6. The molecule has 0 fully saturated rings. The van der Waals surface area contributed by atoms with Crippen molar-refractivity contribution in [3.05, 3.63) is 35.8 Å². The van der Waals surface area contributed by atoms with Gasteiger partial charge in [-0.15, -0.1) is 11.5 Å². The average Bonchev–Trinajstić information content (AvgIpc) is 1.72. The summed E-state index contributed by atoms with van der Waals surface area (Å²) in [5.41, 5.74) is 5.72. The van der Waals surface area contributed by atoms with Crippen molar-refractivity contribution in [3.63, 3.8) is 0 Å². The number of allylic oxidation sites excluding steroid dienone is 2. The van der Waals surface area contributed by atoms with Gasteiger partial charge in [0.15, 0.2) is 0 Å². The number of hydrogen-bond acceptors (Lipinski definition) is 0.